The summed E-state index contributed by atoms with van der Waals surface area (Å²) in [4.78, 5) is 31.5. The molecule has 9 nitrogen and oxygen atoms in total. The number of hydrogen-bond acceptors (Lipinski definition) is 7. The van der Waals surface area contributed by atoms with Gasteiger partial charge in [0.15, 0.2) is 5.82 Å². The number of amides is 1. The van der Waals surface area contributed by atoms with E-state index < -0.39 is 11.0 Å². The van der Waals surface area contributed by atoms with Gasteiger partial charge in [0.25, 0.3) is 5.69 Å². The normalized spacial score (nSPS) is 11.6. The molecule has 2 aromatic heterocycles. The molecular formula is C19H19N5O4. The van der Waals surface area contributed by atoms with E-state index in [1.807, 2.05) is 0 Å². The number of nitrogens with one attached hydrogen (secondary N) is 2. The molecule has 0 aliphatic carbocycles. The fraction of sp³-hybridized carbons (Fsp3) is 0.211. The van der Waals surface area contributed by atoms with Crippen LogP contribution in [0.15, 0.2) is 53.1 Å². The van der Waals surface area contributed by atoms with Gasteiger partial charge in [0.1, 0.15) is 17.6 Å². The third kappa shape index (κ3) is 4.70. The second-order valence-electron chi connectivity index (χ2n) is 6.19. The lowest BCUT2D eigenvalue weighted by Crippen LogP contribution is -2.37. The number of nitro benzene ring substituents is 1. The van der Waals surface area contributed by atoms with Gasteiger partial charge in [0.2, 0.25) is 5.91 Å². The summed E-state index contributed by atoms with van der Waals surface area (Å²) < 4.78 is 5.19. The average Bonchev–Trinajstić information content (AvgIpc) is 3.19. The van der Waals surface area contributed by atoms with Crippen molar-refractivity contribution < 1.29 is 14.1 Å². The van der Waals surface area contributed by atoms with Gasteiger partial charge < -0.3 is 15.1 Å². The summed E-state index contributed by atoms with van der Waals surface area (Å²) in [7, 11) is 0. The molecule has 0 spiro atoms. The smallest absolute Gasteiger partial charge is 0.270 e. The number of nitro groups is 1. The van der Waals surface area contributed by atoms with Crippen molar-refractivity contribution in [3.8, 4) is 11.4 Å². The van der Waals surface area contributed by atoms with Crippen molar-refractivity contribution in [3.63, 3.8) is 0 Å². The number of carbonyl (C=O) groups is 1. The van der Waals surface area contributed by atoms with Crippen molar-refractivity contribution in [2.75, 3.05) is 5.32 Å². The fourth-order valence-corrected chi connectivity index (χ4v) is 2.56. The first-order valence-corrected chi connectivity index (χ1v) is 8.59. The minimum absolute atomic E-state index is 0.0391. The quantitative estimate of drug-likeness (QED) is 0.476. The van der Waals surface area contributed by atoms with Crippen molar-refractivity contribution >= 4 is 17.4 Å². The maximum absolute atomic E-state index is 12.3. The maximum atomic E-state index is 12.3. The van der Waals surface area contributed by atoms with Gasteiger partial charge in [-0.2, -0.15) is 0 Å². The van der Waals surface area contributed by atoms with Crippen LogP contribution in [-0.2, 0) is 11.3 Å². The zero-order valence-electron chi connectivity index (χ0n) is 15.4. The number of aromatic nitrogens is 2. The van der Waals surface area contributed by atoms with E-state index in [4.69, 9.17) is 4.42 Å². The summed E-state index contributed by atoms with van der Waals surface area (Å²) in [5.74, 6) is 1.24. The Morgan fingerprint density at radius 1 is 1.25 bits per heavy atom. The molecule has 0 saturated carbocycles. The minimum Gasteiger partial charge on any atom is -0.467 e. The van der Waals surface area contributed by atoms with Crippen LogP contribution in [-0.4, -0.2) is 26.8 Å². The third-order valence-corrected chi connectivity index (χ3v) is 3.94. The lowest BCUT2D eigenvalue weighted by Gasteiger charge is -2.15. The predicted octanol–water partition coefficient (Wildman–Crippen LogP) is 3.07. The fourth-order valence-electron chi connectivity index (χ4n) is 2.56. The lowest BCUT2D eigenvalue weighted by atomic mass is 10.2. The van der Waals surface area contributed by atoms with E-state index in [-0.39, 0.29) is 11.6 Å². The molecule has 0 fully saturated rings. The molecule has 0 aliphatic rings. The Balaban J connectivity index is 1.73. The summed E-state index contributed by atoms with van der Waals surface area (Å²) in [6.07, 6.45) is 1.54. The van der Waals surface area contributed by atoms with Gasteiger partial charge in [-0.15, -0.1) is 0 Å². The number of non-ortho nitro benzene ring substituents is 1. The van der Waals surface area contributed by atoms with Gasteiger partial charge in [-0.25, -0.2) is 9.97 Å². The summed E-state index contributed by atoms with van der Waals surface area (Å²) in [6.45, 7) is 3.79. The number of hydrogen-bond donors (Lipinski definition) is 2. The highest BCUT2D eigenvalue weighted by Gasteiger charge is 2.15. The van der Waals surface area contributed by atoms with E-state index in [0.717, 1.165) is 0 Å². The van der Waals surface area contributed by atoms with Crippen LogP contribution in [0.5, 0.6) is 0 Å². The molecule has 3 rings (SSSR count). The third-order valence-electron chi connectivity index (χ3n) is 3.94. The number of rotatable bonds is 7. The second kappa shape index (κ2) is 8.30. The number of nitrogens with zero attached hydrogens (tertiary/aromatic N) is 3. The lowest BCUT2D eigenvalue weighted by molar-refractivity contribution is -0.384. The highest BCUT2D eigenvalue weighted by atomic mass is 16.6. The zero-order chi connectivity index (χ0) is 20.1. The summed E-state index contributed by atoms with van der Waals surface area (Å²) in [6, 6.07) is 10.8. The van der Waals surface area contributed by atoms with Crippen LogP contribution < -0.4 is 10.6 Å². The predicted molar refractivity (Wildman–Crippen MR) is 102 cm³/mol. The molecule has 0 bridgehead atoms. The van der Waals surface area contributed by atoms with Crippen LogP contribution in [0.3, 0.4) is 0 Å². The number of carbonyl (C=O) groups excluding carboxylic acids is 1. The second-order valence-corrected chi connectivity index (χ2v) is 6.19. The van der Waals surface area contributed by atoms with Crippen molar-refractivity contribution in [1.29, 1.82) is 0 Å². The van der Waals surface area contributed by atoms with Gasteiger partial charge in [-0.3, -0.25) is 14.9 Å². The molecule has 3 aromatic rings. The molecule has 1 atom stereocenters. The molecule has 2 N–H and O–H groups in total. The monoisotopic (exact) mass is 381 g/mol. The Kier molecular flexibility index (Phi) is 5.64. The summed E-state index contributed by atoms with van der Waals surface area (Å²) >= 11 is 0. The largest absolute Gasteiger partial charge is 0.467 e. The van der Waals surface area contributed by atoms with Crippen LogP contribution in [0.25, 0.3) is 11.4 Å². The zero-order valence-corrected chi connectivity index (χ0v) is 15.4. The van der Waals surface area contributed by atoms with Crippen LogP contribution in [0.2, 0.25) is 0 Å². The first-order valence-electron chi connectivity index (χ1n) is 8.59. The minimum atomic E-state index is -0.553. The van der Waals surface area contributed by atoms with Crippen molar-refractivity contribution in [2.24, 2.45) is 0 Å². The van der Waals surface area contributed by atoms with E-state index in [9.17, 15) is 14.9 Å². The molecular weight excluding hydrogens is 362 g/mol. The van der Waals surface area contributed by atoms with Crippen LogP contribution >= 0.6 is 0 Å². The van der Waals surface area contributed by atoms with E-state index in [1.165, 1.54) is 12.1 Å². The Morgan fingerprint density at radius 3 is 2.79 bits per heavy atom. The Morgan fingerprint density at radius 2 is 2.07 bits per heavy atom. The van der Waals surface area contributed by atoms with Gasteiger partial charge >= 0.3 is 0 Å². The molecule has 1 amide bonds. The highest BCUT2D eigenvalue weighted by Crippen LogP contribution is 2.22. The van der Waals surface area contributed by atoms with E-state index in [0.29, 0.717) is 35.2 Å². The summed E-state index contributed by atoms with van der Waals surface area (Å²) in [5, 5.41) is 16.8. The number of furan rings is 1. The average molecular weight is 381 g/mol. The molecule has 9 heteroatoms. The first kappa shape index (κ1) is 19.0. The molecule has 0 radical (unpaired) electrons. The molecule has 0 aliphatic heterocycles. The van der Waals surface area contributed by atoms with E-state index in [2.05, 4.69) is 20.6 Å². The van der Waals surface area contributed by atoms with Crippen LogP contribution in [0.1, 0.15) is 18.4 Å². The van der Waals surface area contributed by atoms with Crippen molar-refractivity contribution in [1.82, 2.24) is 15.3 Å². The molecule has 1 unspecified atom stereocenters. The standard InChI is InChI=1S/C19H19N5O4/c1-12-9-17(22-13(2)19(25)20-11-16-7-4-8-28-16)23-18(21-12)14-5-3-6-15(10-14)24(26)27/h3-10,13H,11H2,1-2H3,(H,20,25)(H,21,22,23). The first-order chi connectivity index (χ1) is 13.4. The Hall–Kier alpha value is -3.75. The SMILES string of the molecule is Cc1cc(NC(C)C(=O)NCc2ccco2)nc(-c2cccc([N+](=O)[O-])c2)n1. The van der Waals surface area contributed by atoms with Crippen LogP contribution in [0.4, 0.5) is 11.5 Å². The van der Waals surface area contributed by atoms with Crippen LogP contribution in [0, 0.1) is 17.0 Å². The van der Waals surface area contributed by atoms with Gasteiger partial charge in [0.05, 0.1) is 17.7 Å². The highest BCUT2D eigenvalue weighted by molar-refractivity contribution is 5.83. The molecule has 2 heterocycles. The topological polar surface area (TPSA) is 123 Å². The molecule has 0 saturated heterocycles. The maximum Gasteiger partial charge on any atom is 0.270 e. The molecule has 144 valence electrons. The molecule has 28 heavy (non-hydrogen) atoms. The van der Waals surface area contributed by atoms with Gasteiger partial charge in [-0.05, 0) is 26.0 Å². The van der Waals surface area contributed by atoms with Crippen molar-refractivity contribution in [3.05, 3.63) is 70.3 Å². The number of anilines is 1. The molecule has 1 aromatic carbocycles. The Bertz CT molecular complexity index is 988. The van der Waals surface area contributed by atoms with Gasteiger partial charge in [-0.1, -0.05) is 12.1 Å². The van der Waals surface area contributed by atoms with E-state index >= 15 is 0 Å². The Labute approximate surface area is 161 Å². The number of aryl methyl sites for hydroxylation is 1. The summed E-state index contributed by atoms with van der Waals surface area (Å²) in [5.41, 5.74) is 1.15. The van der Waals surface area contributed by atoms with Crippen molar-refractivity contribution in [2.45, 2.75) is 26.4 Å². The van der Waals surface area contributed by atoms with E-state index in [1.54, 1.807) is 50.4 Å². The van der Waals surface area contributed by atoms with Gasteiger partial charge in [0, 0.05) is 29.5 Å². The number of benzene rings is 1.